The second-order valence-electron chi connectivity index (χ2n) is 7.24. The minimum absolute atomic E-state index is 0.0158. The monoisotopic (exact) mass is 407 g/mol. The van der Waals surface area contributed by atoms with E-state index in [1.807, 2.05) is 27.7 Å². The maximum atomic E-state index is 5.68. The van der Waals surface area contributed by atoms with E-state index in [2.05, 4.69) is 11.9 Å². The van der Waals surface area contributed by atoms with Crippen LogP contribution < -0.4 is 0 Å². The SMILES string of the molecule is CCOC(CC([SiH3])CCN(C)CCC([SiH3])CC(OCC)OCC)OCC. The Bertz CT molecular complexity index is 273. The Morgan fingerprint density at radius 3 is 1.23 bits per heavy atom. The van der Waals surface area contributed by atoms with Crippen LogP contribution in [0.15, 0.2) is 0 Å². The predicted octanol–water partition coefficient (Wildman–Crippen LogP) is 1.58. The summed E-state index contributed by atoms with van der Waals surface area (Å²) in [5.74, 6) is 0. The van der Waals surface area contributed by atoms with Crippen LogP contribution in [0.1, 0.15) is 53.4 Å². The van der Waals surface area contributed by atoms with E-state index < -0.39 is 0 Å². The molecule has 0 aromatic carbocycles. The van der Waals surface area contributed by atoms with Crippen LogP contribution in [0.3, 0.4) is 0 Å². The molecule has 0 saturated carbocycles. The number of hydrogen-bond acceptors (Lipinski definition) is 5. The van der Waals surface area contributed by atoms with Crippen molar-refractivity contribution in [2.75, 3.05) is 46.6 Å². The first-order chi connectivity index (χ1) is 12.5. The first kappa shape index (κ1) is 26.2. The third kappa shape index (κ3) is 14.3. The lowest BCUT2D eigenvalue weighted by molar-refractivity contribution is -0.140. The largest absolute Gasteiger partial charge is 0.353 e. The molecule has 26 heavy (non-hydrogen) atoms. The van der Waals surface area contributed by atoms with E-state index in [-0.39, 0.29) is 12.6 Å². The molecule has 0 amide bonds. The summed E-state index contributed by atoms with van der Waals surface area (Å²) >= 11 is 0. The zero-order valence-electron chi connectivity index (χ0n) is 18.5. The molecule has 2 unspecified atom stereocenters. The van der Waals surface area contributed by atoms with Crippen molar-refractivity contribution in [2.24, 2.45) is 0 Å². The second kappa shape index (κ2) is 17.3. The number of ether oxygens (including phenoxy) is 4. The van der Waals surface area contributed by atoms with Gasteiger partial charge in [-0.2, -0.15) is 0 Å². The molecule has 5 nitrogen and oxygen atoms in total. The number of nitrogens with zero attached hydrogens (tertiary/aromatic N) is 1. The zero-order chi connectivity index (χ0) is 19.8. The normalized spacial score (nSPS) is 14.8. The first-order valence-electron chi connectivity index (χ1n) is 10.6. The van der Waals surface area contributed by atoms with E-state index in [1.165, 1.54) is 33.3 Å². The van der Waals surface area contributed by atoms with Crippen molar-refractivity contribution in [1.29, 1.82) is 0 Å². The number of rotatable bonds is 18. The highest BCUT2D eigenvalue weighted by molar-refractivity contribution is 6.11. The highest BCUT2D eigenvalue weighted by Gasteiger charge is 2.16. The Kier molecular flexibility index (Phi) is 17.5. The van der Waals surface area contributed by atoms with E-state index >= 15 is 0 Å². The Balaban J connectivity index is 4.00. The summed E-state index contributed by atoms with van der Waals surface area (Å²) in [7, 11) is 4.63. The predicted molar refractivity (Wildman–Crippen MR) is 117 cm³/mol. The van der Waals surface area contributed by atoms with Crippen molar-refractivity contribution in [3.63, 3.8) is 0 Å². The highest BCUT2D eigenvalue weighted by Crippen LogP contribution is 2.20. The first-order valence-corrected chi connectivity index (χ1v) is 12.9. The van der Waals surface area contributed by atoms with Gasteiger partial charge in [-0.3, -0.25) is 0 Å². The van der Waals surface area contributed by atoms with Crippen molar-refractivity contribution in [3.8, 4) is 0 Å². The van der Waals surface area contributed by atoms with Gasteiger partial charge in [0.2, 0.25) is 0 Å². The quantitative estimate of drug-likeness (QED) is 0.255. The zero-order valence-corrected chi connectivity index (χ0v) is 22.5. The fourth-order valence-corrected chi connectivity index (χ4v) is 4.28. The third-order valence-electron chi connectivity index (χ3n) is 4.61. The van der Waals surface area contributed by atoms with Crippen molar-refractivity contribution < 1.29 is 18.9 Å². The molecule has 0 radical (unpaired) electrons. The van der Waals surface area contributed by atoms with Gasteiger partial charge in [0.15, 0.2) is 12.6 Å². The van der Waals surface area contributed by atoms with Crippen LogP contribution in [0, 0.1) is 0 Å². The van der Waals surface area contributed by atoms with Gasteiger partial charge in [0.1, 0.15) is 0 Å². The molecule has 0 saturated heterocycles. The summed E-state index contributed by atoms with van der Waals surface area (Å²) in [6.45, 7) is 13.4. The summed E-state index contributed by atoms with van der Waals surface area (Å²) < 4.78 is 22.7. The van der Waals surface area contributed by atoms with Gasteiger partial charge in [-0.1, -0.05) is 0 Å². The minimum atomic E-state index is -0.0158. The molecule has 0 rings (SSSR count). The van der Waals surface area contributed by atoms with Gasteiger partial charge in [0.25, 0.3) is 0 Å². The van der Waals surface area contributed by atoms with Crippen molar-refractivity contribution in [2.45, 2.75) is 77.0 Å². The maximum Gasteiger partial charge on any atom is 0.157 e. The Morgan fingerprint density at radius 2 is 0.962 bits per heavy atom. The molecule has 0 aromatic heterocycles. The molecular weight excluding hydrogens is 362 g/mol. The summed E-state index contributed by atoms with van der Waals surface area (Å²) in [4.78, 5) is 2.47. The van der Waals surface area contributed by atoms with E-state index in [9.17, 15) is 0 Å². The molecule has 0 aliphatic heterocycles. The minimum Gasteiger partial charge on any atom is -0.353 e. The van der Waals surface area contributed by atoms with Crippen LogP contribution in [-0.2, 0) is 18.9 Å². The van der Waals surface area contributed by atoms with Crippen LogP contribution in [0.2, 0.25) is 11.1 Å². The fourth-order valence-electron chi connectivity index (χ4n) is 3.00. The van der Waals surface area contributed by atoms with E-state index in [4.69, 9.17) is 18.9 Å². The van der Waals surface area contributed by atoms with Gasteiger partial charge in [-0.25, -0.2) is 0 Å². The van der Waals surface area contributed by atoms with Gasteiger partial charge in [-0.05, 0) is 84.6 Å². The third-order valence-corrected chi connectivity index (χ3v) is 6.70. The van der Waals surface area contributed by atoms with Gasteiger partial charge < -0.3 is 23.8 Å². The van der Waals surface area contributed by atoms with Crippen LogP contribution in [0.4, 0.5) is 0 Å². The molecule has 0 N–H and O–H groups in total. The second-order valence-corrected chi connectivity index (χ2v) is 10.5. The molecule has 0 spiro atoms. The van der Waals surface area contributed by atoms with Crippen molar-refractivity contribution in [1.82, 2.24) is 4.90 Å². The number of hydrogen-bond donors (Lipinski definition) is 0. The van der Waals surface area contributed by atoms with Crippen LogP contribution in [0.25, 0.3) is 0 Å². The summed E-state index contributed by atoms with van der Waals surface area (Å²) in [5.41, 5.74) is 1.49. The summed E-state index contributed by atoms with van der Waals surface area (Å²) in [6, 6.07) is 0. The summed E-state index contributed by atoms with van der Waals surface area (Å²) in [5, 5.41) is 0. The van der Waals surface area contributed by atoms with Crippen LogP contribution >= 0.6 is 0 Å². The molecule has 0 fully saturated rings. The Hall–Kier alpha value is 0.234. The molecule has 0 heterocycles. The van der Waals surface area contributed by atoms with Crippen molar-refractivity contribution in [3.05, 3.63) is 0 Å². The molecular formula is C19H45NO4Si2. The topological polar surface area (TPSA) is 40.2 Å². The average molecular weight is 408 g/mol. The maximum absolute atomic E-state index is 5.68. The van der Waals surface area contributed by atoms with E-state index in [0.717, 1.165) is 63.4 Å². The van der Waals surface area contributed by atoms with Gasteiger partial charge in [0.05, 0.1) is 0 Å². The molecule has 2 atom stereocenters. The smallest absolute Gasteiger partial charge is 0.157 e. The molecule has 0 aliphatic rings. The molecule has 7 heteroatoms. The van der Waals surface area contributed by atoms with E-state index in [0.29, 0.717) is 0 Å². The van der Waals surface area contributed by atoms with Gasteiger partial charge in [0, 0.05) is 46.9 Å². The molecule has 0 bridgehead atoms. The van der Waals surface area contributed by atoms with Crippen LogP contribution in [-0.4, -0.2) is 84.5 Å². The standard InChI is InChI=1S/C19H45NO4Si2/c1-6-21-18(22-7-2)14-16(25)10-12-20(5)13-11-17(26)15-19(23-8-3)24-9-4/h16-19H,6-15H2,1-5,25-26H3. The lowest BCUT2D eigenvalue weighted by Crippen LogP contribution is -2.26. The highest BCUT2D eigenvalue weighted by atomic mass is 28.1. The molecule has 0 aromatic rings. The average Bonchev–Trinajstić information content (AvgIpc) is 2.59. The Labute approximate surface area is 168 Å². The summed E-state index contributed by atoms with van der Waals surface area (Å²) in [6.07, 6.45) is 4.53. The van der Waals surface area contributed by atoms with Gasteiger partial charge in [-0.15, -0.1) is 0 Å². The van der Waals surface area contributed by atoms with Crippen molar-refractivity contribution >= 4 is 20.5 Å². The Morgan fingerprint density at radius 1 is 0.654 bits per heavy atom. The lowest BCUT2D eigenvalue weighted by Gasteiger charge is -2.25. The van der Waals surface area contributed by atoms with Crippen LogP contribution in [0.5, 0.6) is 0 Å². The molecule has 0 aliphatic carbocycles. The van der Waals surface area contributed by atoms with E-state index in [1.54, 1.807) is 0 Å². The fraction of sp³-hybridized carbons (Fsp3) is 1.00. The lowest BCUT2D eigenvalue weighted by atomic mass is 10.2. The molecule has 158 valence electrons. The van der Waals surface area contributed by atoms with Gasteiger partial charge >= 0.3 is 0 Å².